The Morgan fingerprint density at radius 1 is 0.380 bits per heavy atom. The van der Waals surface area contributed by atoms with Gasteiger partial charge in [0.15, 0.2) is 0 Å². The molecule has 0 spiro atoms. The summed E-state index contributed by atoms with van der Waals surface area (Å²) < 4.78 is 11.7. The van der Waals surface area contributed by atoms with Crippen LogP contribution in [0.25, 0.3) is 45.0 Å². The second kappa shape index (κ2) is 15.0. The number of hydrogen-bond donors (Lipinski definition) is 0. The summed E-state index contributed by atoms with van der Waals surface area (Å²) in [6.45, 7) is 0. The zero-order chi connectivity index (χ0) is 34.1. The fourth-order valence-corrected chi connectivity index (χ4v) is 5.60. The number of ether oxygens (including phenoxy) is 2. The molecule has 0 bridgehead atoms. The van der Waals surface area contributed by atoms with E-state index in [1.807, 2.05) is 146 Å². The molecule has 0 saturated carbocycles. The molecule has 0 amide bonds. The molecule has 6 nitrogen and oxygen atoms in total. The molecule has 0 radical (unpaired) electrons. The smallest absolute Gasteiger partial charge is 0.315 e. The Hall–Kier alpha value is -6.66. The lowest BCUT2D eigenvalue weighted by Gasteiger charge is -2.11. The minimum atomic E-state index is -0.400. The first-order valence-corrected chi connectivity index (χ1v) is 16.3. The first kappa shape index (κ1) is 31.9. The fraction of sp³-hybridized carbons (Fsp3) is 0.0455. The van der Waals surface area contributed by atoms with Crippen LogP contribution < -0.4 is 9.47 Å². The molecule has 0 atom stereocenters. The van der Waals surface area contributed by atoms with Crippen LogP contribution in [0.15, 0.2) is 170 Å². The van der Waals surface area contributed by atoms with Crippen molar-refractivity contribution in [3.05, 3.63) is 181 Å². The molecular formula is C44H32N2O4. The van der Waals surface area contributed by atoms with Gasteiger partial charge in [0.2, 0.25) is 0 Å². The third-order valence-electron chi connectivity index (χ3n) is 8.06. The molecular weight excluding hydrogens is 620 g/mol. The van der Waals surface area contributed by atoms with Crippen molar-refractivity contribution in [2.45, 2.75) is 12.8 Å². The number of benzene rings is 5. The SMILES string of the molecule is O=C(Cc1ccc(CC(=O)Oc2cc(-c3ccccc3)nc(-c3ccccc3)c2)cc1)Oc1cc(-c2ccccc2)nc(-c2ccccc2)c1. The molecule has 0 fully saturated rings. The van der Waals surface area contributed by atoms with E-state index in [9.17, 15) is 9.59 Å². The van der Waals surface area contributed by atoms with Crippen molar-refractivity contribution in [1.29, 1.82) is 0 Å². The molecule has 5 aromatic carbocycles. The summed E-state index contributed by atoms with van der Waals surface area (Å²) in [5, 5.41) is 0. The van der Waals surface area contributed by atoms with Gasteiger partial charge in [0.25, 0.3) is 0 Å². The number of rotatable bonds is 10. The highest BCUT2D eigenvalue weighted by molar-refractivity contribution is 5.79. The molecule has 2 heterocycles. The molecule has 6 heteroatoms. The van der Waals surface area contributed by atoms with E-state index in [1.165, 1.54) is 0 Å². The van der Waals surface area contributed by atoms with E-state index in [0.29, 0.717) is 34.3 Å². The molecule has 0 N–H and O–H groups in total. The average Bonchev–Trinajstić information content (AvgIpc) is 3.16. The van der Waals surface area contributed by atoms with Gasteiger partial charge in [0, 0.05) is 46.5 Å². The normalized spacial score (nSPS) is 10.7. The van der Waals surface area contributed by atoms with E-state index in [2.05, 4.69) is 0 Å². The Bertz CT molecular complexity index is 1950. The average molecular weight is 653 g/mol. The van der Waals surface area contributed by atoms with Gasteiger partial charge in [-0.25, -0.2) is 9.97 Å². The molecule has 0 aliphatic carbocycles. The summed E-state index contributed by atoms with van der Waals surface area (Å²) in [6, 6.07) is 53.6. The Kier molecular flexibility index (Phi) is 9.61. The highest BCUT2D eigenvalue weighted by atomic mass is 16.5. The summed E-state index contributed by atoms with van der Waals surface area (Å²) in [7, 11) is 0. The lowest BCUT2D eigenvalue weighted by atomic mass is 10.1. The largest absolute Gasteiger partial charge is 0.426 e. The summed E-state index contributed by atoms with van der Waals surface area (Å²) in [4.78, 5) is 35.8. The Balaban J connectivity index is 1.02. The Morgan fingerprint density at radius 2 is 0.640 bits per heavy atom. The quantitative estimate of drug-likeness (QED) is 0.137. The highest BCUT2D eigenvalue weighted by Gasteiger charge is 2.14. The first-order chi connectivity index (χ1) is 24.6. The molecule has 0 saturated heterocycles. The van der Waals surface area contributed by atoms with Crippen LogP contribution in [-0.4, -0.2) is 21.9 Å². The van der Waals surface area contributed by atoms with Crippen LogP contribution in [-0.2, 0) is 22.4 Å². The predicted octanol–water partition coefficient (Wildman–Crippen LogP) is 9.44. The van der Waals surface area contributed by atoms with Gasteiger partial charge in [-0.1, -0.05) is 146 Å². The minimum absolute atomic E-state index is 0.0654. The number of nitrogens with zero attached hydrogens (tertiary/aromatic N) is 2. The molecule has 7 aromatic rings. The maximum absolute atomic E-state index is 13.1. The Labute approximate surface area is 290 Å². The number of aromatic nitrogens is 2. The third kappa shape index (κ3) is 8.06. The van der Waals surface area contributed by atoms with E-state index >= 15 is 0 Å². The first-order valence-electron chi connectivity index (χ1n) is 16.3. The number of carbonyl (C=O) groups is 2. The highest BCUT2D eigenvalue weighted by Crippen LogP contribution is 2.30. The second-order valence-electron chi connectivity index (χ2n) is 11.7. The molecule has 50 heavy (non-hydrogen) atoms. The van der Waals surface area contributed by atoms with Crippen LogP contribution in [0.4, 0.5) is 0 Å². The molecule has 0 unspecified atom stereocenters. The molecule has 7 rings (SSSR count). The van der Waals surface area contributed by atoms with Crippen molar-refractivity contribution in [2.75, 3.05) is 0 Å². The third-order valence-corrected chi connectivity index (χ3v) is 8.06. The zero-order valence-electron chi connectivity index (χ0n) is 27.1. The van der Waals surface area contributed by atoms with Gasteiger partial charge in [0.05, 0.1) is 35.6 Å². The summed E-state index contributed by atoms with van der Waals surface area (Å²) in [5.41, 5.74) is 8.08. The van der Waals surface area contributed by atoms with E-state index in [1.54, 1.807) is 24.3 Å². The zero-order valence-corrected chi connectivity index (χ0v) is 27.1. The van der Waals surface area contributed by atoms with Gasteiger partial charge in [-0.2, -0.15) is 0 Å². The number of carbonyl (C=O) groups excluding carboxylic acids is 2. The lowest BCUT2D eigenvalue weighted by molar-refractivity contribution is -0.134. The summed E-state index contributed by atoms with van der Waals surface area (Å²) >= 11 is 0. The topological polar surface area (TPSA) is 78.4 Å². The molecule has 242 valence electrons. The van der Waals surface area contributed by atoms with Crippen molar-refractivity contribution < 1.29 is 19.1 Å². The van der Waals surface area contributed by atoms with Crippen molar-refractivity contribution in [3.8, 4) is 56.5 Å². The predicted molar refractivity (Wildman–Crippen MR) is 195 cm³/mol. The van der Waals surface area contributed by atoms with Gasteiger partial charge in [-0.15, -0.1) is 0 Å². The maximum Gasteiger partial charge on any atom is 0.315 e. The standard InChI is InChI=1S/C44H32N2O4/c47-43(49-37-27-39(33-13-5-1-6-14-33)45-40(28-37)34-15-7-2-8-16-34)25-31-21-23-32(24-22-31)26-44(48)50-38-29-41(35-17-9-3-10-18-35)46-42(30-38)36-19-11-4-12-20-36/h1-24,27-30H,25-26H2. The lowest BCUT2D eigenvalue weighted by Crippen LogP contribution is -2.13. The van der Waals surface area contributed by atoms with Gasteiger partial charge in [0.1, 0.15) is 11.5 Å². The van der Waals surface area contributed by atoms with Crippen LogP contribution in [0, 0.1) is 0 Å². The fourth-order valence-electron chi connectivity index (χ4n) is 5.60. The van der Waals surface area contributed by atoms with Crippen LogP contribution in [0.1, 0.15) is 11.1 Å². The second-order valence-corrected chi connectivity index (χ2v) is 11.7. The number of pyridine rings is 2. The summed E-state index contributed by atoms with van der Waals surface area (Å²) in [5.74, 6) is 0.0399. The van der Waals surface area contributed by atoms with Crippen molar-refractivity contribution in [1.82, 2.24) is 9.97 Å². The Morgan fingerprint density at radius 3 is 0.900 bits per heavy atom. The number of esters is 2. The maximum atomic E-state index is 13.1. The minimum Gasteiger partial charge on any atom is -0.426 e. The summed E-state index contributed by atoms with van der Waals surface area (Å²) in [6.07, 6.45) is 0.131. The van der Waals surface area contributed by atoms with Crippen LogP contribution in [0.5, 0.6) is 11.5 Å². The van der Waals surface area contributed by atoms with E-state index in [4.69, 9.17) is 19.4 Å². The van der Waals surface area contributed by atoms with E-state index in [0.717, 1.165) is 33.4 Å². The van der Waals surface area contributed by atoms with Crippen LogP contribution >= 0.6 is 0 Å². The molecule has 0 aliphatic heterocycles. The van der Waals surface area contributed by atoms with Crippen LogP contribution in [0.2, 0.25) is 0 Å². The van der Waals surface area contributed by atoms with Gasteiger partial charge in [-0.05, 0) is 11.1 Å². The monoisotopic (exact) mass is 652 g/mol. The van der Waals surface area contributed by atoms with Crippen molar-refractivity contribution in [2.24, 2.45) is 0 Å². The molecule has 2 aromatic heterocycles. The van der Waals surface area contributed by atoms with Crippen LogP contribution in [0.3, 0.4) is 0 Å². The van der Waals surface area contributed by atoms with Crippen molar-refractivity contribution >= 4 is 11.9 Å². The van der Waals surface area contributed by atoms with E-state index in [-0.39, 0.29) is 12.8 Å². The van der Waals surface area contributed by atoms with Gasteiger partial charge in [-0.3, -0.25) is 9.59 Å². The van der Waals surface area contributed by atoms with Crippen molar-refractivity contribution in [3.63, 3.8) is 0 Å². The van der Waals surface area contributed by atoms with E-state index < -0.39 is 11.9 Å². The van der Waals surface area contributed by atoms with Gasteiger partial charge >= 0.3 is 11.9 Å². The van der Waals surface area contributed by atoms with Gasteiger partial charge < -0.3 is 9.47 Å². The molecule has 0 aliphatic rings. The number of hydrogen-bond acceptors (Lipinski definition) is 6.